The molecule has 2 N–H and O–H groups in total. The van der Waals surface area contributed by atoms with Crippen molar-refractivity contribution in [1.29, 1.82) is 0 Å². The maximum atomic E-state index is 13.9. The molecule has 0 radical (unpaired) electrons. The molecule has 1 fully saturated rings. The monoisotopic (exact) mass is 381 g/mol. The van der Waals surface area contributed by atoms with Crippen molar-refractivity contribution in [3.05, 3.63) is 77.6 Å². The van der Waals surface area contributed by atoms with Crippen LogP contribution in [0, 0.1) is 11.7 Å². The van der Waals surface area contributed by atoms with E-state index in [0.29, 0.717) is 30.2 Å². The maximum absolute atomic E-state index is 13.9. The van der Waals surface area contributed by atoms with Gasteiger partial charge in [0.2, 0.25) is 0 Å². The highest BCUT2D eigenvalue weighted by atomic mass is 19.1. The highest BCUT2D eigenvalue weighted by molar-refractivity contribution is 5.84. The number of alkyl halides is 1. The van der Waals surface area contributed by atoms with Gasteiger partial charge in [-0.15, -0.1) is 0 Å². The second-order valence-corrected chi connectivity index (χ2v) is 7.63. The summed E-state index contributed by atoms with van der Waals surface area (Å²) in [5, 5.41) is 4.43. The van der Waals surface area contributed by atoms with E-state index >= 15 is 0 Å². The van der Waals surface area contributed by atoms with Gasteiger partial charge in [-0.2, -0.15) is 0 Å². The van der Waals surface area contributed by atoms with Gasteiger partial charge < -0.3 is 10.3 Å². The quantitative estimate of drug-likeness (QED) is 0.535. The fourth-order valence-corrected chi connectivity index (χ4v) is 3.94. The van der Waals surface area contributed by atoms with Crippen molar-refractivity contribution >= 4 is 10.9 Å². The number of benzene rings is 1. The molecule has 3 atom stereocenters. The largest absolute Gasteiger partial charge is 0.380 e. The Hall–Kier alpha value is -2.69. The molecule has 0 saturated heterocycles. The third-order valence-electron chi connectivity index (χ3n) is 5.63. The van der Waals surface area contributed by atoms with Crippen LogP contribution in [0.3, 0.4) is 0 Å². The van der Waals surface area contributed by atoms with Crippen LogP contribution < -0.4 is 5.32 Å². The zero-order valence-corrected chi connectivity index (χ0v) is 16.0. The molecule has 28 heavy (non-hydrogen) atoms. The van der Waals surface area contributed by atoms with Gasteiger partial charge in [-0.25, -0.2) is 4.39 Å². The molecule has 5 heteroatoms. The van der Waals surface area contributed by atoms with Crippen molar-refractivity contribution in [3.8, 4) is 0 Å². The van der Waals surface area contributed by atoms with Gasteiger partial charge in [0.25, 0.3) is 0 Å². The minimum atomic E-state index is -0.300. The molecule has 2 aromatic heterocycles. The predicted molar refractivity (Wildman–Crippen MR) is 108 cm³/mol. The number of para-hydroxylation sites is 1. The molecular weight excluding hydrogens is 356 g/mol. The summed E-state index contributed by atoms with van der Waals surface area (Å²) in [6.07, 6.45) is 6.01. The highest BCUT2D eigenvalue weighted by Crippen LogP contribution is 2.52. The number of H-pyrrole nitrogens is 1. The first kappa shape index (κ1) is 18.7. The lowest BCUT2D eigenvalue weighted by Gasteiger charge is -2.17. The van der Waals surface area contributed by atoms with Gasteiger partial charge in [-0.05, 0) is 55.4 Å². The molecule has 3 nitrogen and oxygen atoms in total. The summed E-state index contributed by atoms with van der Waals surface area (Å²) in [4.78, 5) is 7.58. The molecule has 1 aromatic carbocycles. The number of allylic oxidation sites excluding steroid dienone is 1. The zero-order chi connectivity index (χ0) is 19.7. The van der Waals surface area contributed by atoms with Crippen LogP contribution in [0.25, 0.3) is 10.9 Å². The normalized spacial score (nSPS) is 19.5. The summed E-state index contributed by atoms with van der Waals surface area (Å²) in [7, 11) is 0. The topological polar surface area (TPSA) is 40.7 Å². The summed E-state index contributed by atoms with van der Waals surface area (Å²) in [5.74, 6) is 0.486. The third kappa shape index (κ3) is 3.66. The summed E-state index contributed by atoms with van der Waals surface area (Å²) in [6, 6.07) is 9.25. The molecule has 0 amide bonds. The first-order chi connectivity index (χ1) is 13.6. The predicted octanol–water partition coefficient (Wildman–Crippen LogP) is 5.57. The van der Waals surface area contributed by atoms with Crippen LogP contribution >= 0.6 is 0 Å². The Bertz CT molecular complexity index is 977. The van der Waals surface area contributed by atoms with E-state index in [1.807, 2.05) is 30.6 Å². The van der Waals surface area contributed by atoms with E-state index < -0.39 is 0 Å². The van der Waals surface area contributed by atoms with Gasteiger partial charge in [0.05, 0.1) is 23.9 Å². The Morgan fingerprint density at radius 2 is 2.21 bits per heavy atom. The average molecular weight is 381 g/mol. The van der Waals surface area contributed by atoms with E-state index in [1.54, 1.807) is 6.07 Å². The van der Waals surface area contributed by atoms with E-state index in [2.05, 4.69) is 28.8 Å². The van der Waals surface area contributed by atoms with Crippen LogP contribution in [0.15, 0.2) is 55.0 Å². The second-order valence-electron chi connectivity index (χ2n) is 7.63. The van der Waals surface area contributed by atoms with Crippen LogP contribution in [-0.4, -0.2) is 16.6 Å². The lowest BCUT2D eigenvalue weighted by atomic mass is 10.1. The van der Waals surface area contributed by atoms with Gasteiger partial charge in [0, 0.05) is 29.4 Å². The standard InChI is InChI=1S/C23H25F2N3/c1-14(28-15(2)22-9-8-16(12-26-22)5-4-10-24)18-11-19(18)20-13-27-23-17(20)6-3-7-21(23)25/h3,6-9,12-13,15,18-19,27-28H,1,4-5,10-11H2,2H3. The lowest BCUT2D eigenvalue weighted by Crippen LogP contribution is -2.20. The SMILES string of the molecule is C=C(NC(C)c1ccc(CCCF)cn1)C1CC1c1c[nH]c2c(F)cccc12. The Balaban J connectivity index is 1.38. The number of aryl methyl sites for hydroxylation is 1. The number of nitrogens with one attached hydrogen (secondary N) is 2. The number of hydrogen-bond acceptors (Lipinski definition) is 2. The Labute approximate surface area is 163 Å². The van der Waals surface area contributed by atoms with Crippen molar-refractivity contribution in [2.75, 3.05) is 6.67 Å². The van der Waals surface area contributed by atoms with Gasteiger partial charge in [0.15, 0.2) is 0 Å². The number of halogens is 2. The number of rotatable bonds is 8. The van der Waals surface area contributed by atoms with Crippen LogP contribution in [0.4, 0.5) is 8.78 Å². The number of nitrogens with zero attached hydrogens (tertiary/aromatic N) is 1. The summed E-state index contributed by atoms with van der Waals surface area (Å²) in [5.41, 5.74) is 4.72. The highest BCUT2D eigenvalue weighted by Gasteiger charge is 2.42. The molecule has 3 unspecified atom stereocenters. The number of aromatic nitrogens is 2. The molecule has 0 spiro atoms. The van der Waals surface area contributed by atoms with E-state index in [0.717, 1.165) is 34.3 Å². The van der Waals surface area contributed by atoms with Crippen molar-refractivity contribution < 1.29 is 8.78 Å². The van der Waals surface area contributed by atoms with E-state index in [9.17, 15) is 8.78 Å². The summed E-state index contributed by atoms with van der Waals surface area (Å²) < 4.78 is 26.2. The fraction of sp³-hybridized carbons (Fsp3) is 0.348. The number of fused-ring (bicyclic) bond motifs is 1. The van der Waals surface area contributed by atoms with E-state index in [1.165, 1.54) is 6.07 Å². The van der Waals surface area contributed by atoms with Gasteiger partial charge in [-0.1, -0.05) is 24.8 Å². The summed E-state index contributed by atoms with van der Waals surface area (Å²) >= 11 is 0. The lowest BCUT2D eigenvalue weighted by molar-refractivity contribution is 0.472. The van der Waals surface area contributed by atoms with Crippen molar-refractivity contribution in [1.82, 2.24) is 15.3 Å². The summed E-state index contributed by atoms with van der Waals surface area (Å²) in [6.45, 7) is 6.00. The average Bonchev–Trinajstić information content (AvgIpc) is 3.38. The van der Waals surface area contributed by atoms with Gasteiger partial charge in [-0.3, -0.25) is 9.37 Å². The molecule has 3 aromatic rings. The van der Waals surface area contributed by atoms with Crippen molar-refractivity contribution in [2.45, 2.75) is 38.1 Å². The van der Waals surface area contributed by atoms with Crippen LogP contribution in [-0.2, 0) is 6.42 Å². The van der Waals surface area contributed by atoms with E-state index in [-0.39, 0.29) is 18.5 Å². The van der Waals surface area contributed by atoms with Crippen LogP contribution in [0.1, 0.15) is 48.5 Å². The molecule has 1 aliphatic rings. The van der Waals surface area contributed by atoms with Crippen LogP contribution in [0.2, 0.25) is 0 Å². The maximum Gasteiger partial charge on any atom is 0.147 e. The molecule has 1 saturated carbocycles. The minimum absolute atomic E-state index is 0.0457. The Morgan fingerprint density at radius 3 is 2.96 bits per heavy atom. The first-order valence-electron chi connectivity index (χ1n) is 9.80. The smallest absolute Gasteiger partial charge is 0.147 e. The molecular formula is C23H25F2N3. The first-order valence-corrected chi connectivity index (χ1v) is 9.80. The Kier molecular flexibility index (Phi) is 5.16. The van der Waals surface area contributed by atoms with Gasteiger partial charge >= 0.3 is 0 Å². The number of hydrogen-bond donors (Lipinski definition) is 2. The minimum Gasteiger partial charge on any atom is -0.380 e. The fourth-order valence-electron chi connectivity index (χ4n) is 3.94. The number of aromatic amines is 1. The molecule has 146 valence electrons. The molecule has 4 rings (SSSR count). The second kappa shape index (κ2) is 7.74. The third-order valence-corrected chi connectivity index (χ3v) is 5.63. The molecule has 2 heterocycles. The van der Waals surface area contributed by atoms with Crippen LogP contribution in [0.5, 0.6) is 0 Å². The Morgan fingerprint density at radius 1 is 1.36 bits per heavy atom. The molecule has 0 bridgehead atoms. The van der Waals surface area contributed by atoms with Crippen molar-refractivity contribution in [2.24, 2.45) is 5.92 Å². The van der Waals surface area contributed by atoms with Gasteiger partial charge in [0.1, 0.15) is 5.82 Å². The van der Waals surface area contributed by atoms with Crippen molar-refractivity contribution in [3.63, 3.8) is 0 Å². The van der Waals surface area contributed by atoms with E-state index in [4.69, 9.17) is 0 Å². The zero-order valence-electron chi connectivity index (χ0n) is 16.0. The number of pyridine rings is 1. The molecule has 0 aliphatic heterocycles. The molecule has 1 aliphatic carbocycles.